The third kappa shape index (κ3) is 4.12. The number of benzene rings is 1. The molecule has 35 heavy (non-hydrogen) atoms. The van der Waals surface area contributed by atoms with E-state index in [0.29, 0.717) is 16.6 Å². The monoisotopic (exact) mass is 514 g/mol. The SMILES string of the molecule is Cn1c(=O)c2c(ncn2CC(=O)Nc2nnc(C3CC(=O)N(c4ccc(Cl)cc4)C3)s2)n(C)c1=O. The minimum Gasteiger partial charge on any atom is -0.315 e. The van der Waals surface area contributed by atoms with E-state index in [9.17, 15) is 19.2 Å². The lowest BCUT2D eigenvalue weighted by Crippen LogP contribution is -2.37. The number of amides is 2. The van der Waals surface area contributed by atoms with Crippen molar-refractivity contribution in [3.63, 3.8) is 0 Å². The number of anilines is 2. The zero-order valence-corrected chi connectivity index (χ0v) is 20.2. The number of carbonyl (C=O) groups excluding carboxylic acids is 2. The van der Waals surface area contributed by atoms with Crippen LogP contribution >= 0.6 is 22.9 Å². The van der Waals surface area contributed by atoms with Crippen molar-refractivity contribution in [3.05, 3.63) is 61.5 Å². The quantitative estimate of drug-likeness (QED) is 0.421. The second-order valence-electron chi connectivity index (χ2n) is 8.13. The number of nitrogens with zero attached hydrogens (tertiary/aromatic N) is 7. The molecule has 14 heteroatoms. The molecule has 1 N–H and O–H groups in total. The summed E-state index contributed by atoms with van der Waals surface area (Å²) in [7, 11) is 2.87. The molecule has 1 aliphatic rings. The molecule has 0 saturated carbocycles. The van der Waals surface area contributed by atoms with Gasteiger partial charge in [-0.2, -0.15) is 0 Å². The Morgan fingerprint density at radius 2 is 1.89 bits per heavy atom. The summed E-state index contributed by atoms with van der Waals surface area (Å²) in [6.45, 7) is 0.247. The second-order valence-corrected chi connectivity index (χ2v) is 9.57. The minimum absolute atomic E-state index is 0.0268. The van der Waals surface area contributed by atoms with E-state index in [1.54, 1.807) is 29.2 Å². The van der Waals surface area contributed by atoms with E-state index in [1.807, 2.05) is 0 Å². The number of rotatable bonds is 5. The first kappa shape index (κ1) is 22.9. The molecule has 0 bridgehead atoms. The maximum atomic E-state index is 12.6. The summed E-state index contributed by atoms with van der Waals surface area (Å²) in [5, 5.41) is 12.4. The van der Waals surface area contributed by atoms with Gasteiger partial charge in [0.1, 0.15) is 11.6 Å². The van der Waals surface area contributed by atoms with E-state index in [4.69, 9.17) is 11.6 Å². The van der Waals surface area contributed by atoms with Crippen LogP contribution in [-0.2, 0) is 30.2 Å². The van der Waals surface area contributed by atoms with Gasteiger partial charge in [0.2, 0.25) is 16.9 Å². The van der Waals surface area contributed by atoms with Crippen molar-refractivity contribution in [2.75, 3.05) is 16.8 Å². The largest absolute Gasteiger partial charge is 0.332 e. The standard InChI is InChI=1S/C21H19ClN8O4S/c1-27-17-16(19(33)28(2)21(27)34)29(10-23-17)9-14(31)24-20-26-25-18(35-20)11-7-15(32)30(8-11)13-5-3-12(22)4-6-13/h3-6,10-11H,7-9H2,1-2H3,(H,24,26,31). The first-order valence-corrected chi connectivity index (χ1v) is 11.7. The Labute approximate surface area is 206 Å². The van der Waals surface area contributed by atoms with Crippen LogP contribution in [0.5, 0.6) is 0 Å². The molecule has 1 saturated heterocycles. The van der Waals surface area contributed by atoms with E-state index in [1.165, 1.54) is 40.9 Å². The molecule has 1 aromatic carbocycles. The topological polar surface area (TPSA) is 137 Å². The number of imidazole rings is 1. The van der Waals surface area contributed by atoms with Crippen LogP contribution in [0.3, 0.4) is 0 Å². The van der Waals surface area contributed by atoms with Crippen molar-refractivity contribution in [2.45, 2.75) is 18.9 Å². The van der Waals surface area contributed by atoms with E-state index in [0.717, 1.165) is 10.3 Å². The van der Waals surface area contributed by atoms with Crippen molar-refractivity contribution >= 4 is 56.7 Å². The summed E-state index contributed by atoms with van der Waals surface area (Å²) < 4.78 is 3.60. The van der Waals surface area contributed by atoms with Crippen LogP contribution in [0.15, 0.2) is 40.2 Å². The van der Waals surface area contributed by atoms with Crippen LogP contribution < -0.4 is 21.5 Å². The van der Waals surface area contributed by atoms with E-state index < -0.39 is 17.2 Å². The molecule has 4 aromatic rings. The molecule has 0 aliphatic carbocycles. The Kier molecular flexibility index (Phi) is 5.73. The Bertz CT molecular complexity index is 1590. The molecule has 1 unspecified atom stereocenters. The van der Waals surface area contributed by atoms with Gasteiger partial charge in [-0.15, -0.1) is 10.2 Å². The summed E-state index contributed by atoms with van der Waals surface area (Å²) >= 11 is 7.13. The van der Waals surface area contributed by atoms with Gasteiger partial charge in [-0.25, -0.2) is 9.78 Å². The van der Waals surface area contributed by atoms with Gasteiger partial charge in [-0.1, -0.05) is 22.9 Å². The molecule has 1 fully saturated rings. The van der Waals surface area contributed by atoms with Gasteiger partial charge in [0.25, 0.3) is 5.56 Å². The summed E-state index contributed by atoms with van der Waals surface area (Å²) in [6.07, 6.45) is 1.63. The molecule has 0 spiro atoms. The molecule has 1 atom stereocenters. The normalized spacial score (nSPS) is 15.8. The van der Waals surface area contributed by atoms with Crippen LogP contribution in [0.1, 0.15) is 17.3 Å². The number of hydrogen-bond donors (Lipinski definition) is 1. The Morgan fingerprint density at radius 3 is 2.63 bits per heavy atom. The maximum Gasteiger partial charge on any atom is 0.332 e. The van der Waals surface area contributed by atoms with E-state index >= 15 is 0 Å². The summed E-state index contributed by atoms with van der Waals surface area (Å²) in [5.41, 5.74) is 0.0622. The number of nitrogens with one attached hydrogen (secondary N) is 1. The van der Waals surface area contributed by atoms with Gasteiger partial charge < -0.3 is 9.47 Å². The van der Waals surface area contributed by atoms with Gasteiger partial charge in [0.05, 0.1) is 6.33 Å². The first-order valence-electron chi connectivity index (χ1n) is 10.5. The van der Waals surface area contributed by atoms with Crippen LogP contribution in [0, 0.1) is 0 Å². The third-order valence-corrected chi connectivity index (χ3v) is 7.08. The van der Waals surface area contributed by atoms with Crippen molar-refractivity contribution in [1.29, 1.82) is 0 Å². The van der Waals surface area contributed by atoms with Crippen molar-refractivity contribution < 1.29 is 9.59 Å². The van der Waals surface area contributed by atoms with Crippen LogP contribution in [0.25, 0.3) is 11.2 Å². The Hall–Kier alpha value is -3.84. The van der Waals surface area contributed by atoms with Crippen molar-refractivity contribution in [2.24, 2.45) is 14.1 Å². The highest BCUT2D eigenvalue weighted by molar-refractivity contribution is 7.15. The number of hydrogen-bond acceptors (Lipinski definition) is 8. The summed E-state index contributed by atoms with van der Waals surface area (Å²) in [4.78, 5) is 55.6. The van der Waals surface area contributed by atoms with Gasteiger partial charge >= 0.3 is 5.69 Å². The number of halogens is 1. The van der Waals surface area contributed by atoms with E-state index in [2.05, 4.69) is 20.5 Å². The lowest BCUT2D eigenvalue weighted by atomic mass is 10.1. The fourth-order valence-electron chi connectivity index (χ4n) is 4.02. The van der Waals surface area contributed by atoms with Crippen molar-refractivity contribution in [3.8, 4) is 0 Å². The number of fused-ring (bicyclic) bond motifs is 1. The van der Waals surface area contributed by atoms with Gasteiger partial charge in [0, 0.05) is 43.7 Å². The van der Waals surface area contributed by atoms with Crippen LogP contribution in [0.2, 0.25) is 5.02 Å². The molecule has 180 valence electrons. The highest BCUT2D eigenvalue weighted by Gasteiger charge is 2.34. The summed E-state index contributed by atoms with van der Waals surface area (Å²) in [6, 6.07) is 7.04. The lowest BCUT2D eigenvalue weighted by molar-refractivity contribution is -0.117. The zero-order chi connectivity index (χ0) is 24.9. The van der Waals surface area contributed by atoms with Gasteiger partial charge in [0.15, 0.2) is 11.2 Å². The molecule has 5 rings (SSSR count). The number of aromatic nitrogens is 6. The molecular weight excluding hydrogens is 496 g/mol. The summed E-state index contributed by atoms with van der Waals surface area (Å²) in [5.74, 6) is -0.613. The molecule has 12 nitrogen and oxygen atoms in total. The van der Waals surface area contributed by atoms with Gasteiger partial charge in [-0.3, -0.25) is 28.8 Å². The molecule has 4 heterocycles. The van der Waals surface area contributed by atoms with Gasteiger partial charge in [-0.05, 0) is 24.3 Å². The number of aryl methyl sites for hydroxylation is 1. The molecule has 3 aromatic heterocycles. The lowest BCUT2D eigenvalue weighted by Gasteiger charge is -2.16. The first-order chi connectivity index (χ1) is 16.7. The molecule has 1 aliphatic heterocycles. The van der Waals surface area contributed by atoms with Crippen LogP contribution in [0.4, 0.5) is 10.8 Å². The smallest absolute Gasteiger partial charge is 0.315 e. The Balaban J connectivity index is 1.29. The fraction of sp³-hybridized carbons (Fsp3) is 0.286. The highest BCUT2D eigenvalue weighted by atomic mass is 35.5. The Morgan fingerprint density at radius 1 is 1.14 bits per heavy atom. The molecule has 2 amide bonds. The third-order valence-electron chi connectivity index (χ3n) is 5.83. The predicted octanol–water partition coefficient (Wildman–Crippen LogP) is 1.10. The maximum absolute atomic E-state index is 12.6. The highest BCUT2D eigenvalue weighted by Crippen LogP contribution is 2.34. The van der Waals surface area contributed by atoms with Crippen LogP contribution in [-0.4, -0.2) is 47.2 Å². The average molecular weight is 515 g/mol. The number of carbonyl (C=O) groups is 2. The van der Waals surface area contributed by atoms with E-state index in [-0.39, 0.29) is 41.1 Å². The fourth-order valence-corrected chi connectivity index (χ4v) is 5.00. The van der Waals surface area contributed by atoms with Crippen molar-refractivity contribution in [1.82, 2.24) is 28.9 Å². The zero-order valence-electron chi connectivity index (χ0n) is 18.6. The average Bonchev–Trinajstić information content (AvgIpc) is 3.56. The molecular formula is C21H19ClN8O4S. The predicted molar refractivity (Wildman–Crippen MR) is 130 cm³/mol. The second kappa shape index (κ2) is 8.74. The molecule has 0 radical (unpaired) electrons. The minimum atomic E-state index is -0.539.